The van der Waals surface area contributed by atoms with Gasteiger partial charge in [-0.15, -0.1) is 11.3 Å². The first-order valence-corrected chi connectivity index (χ1v) is 5.52. The van der Waals surface area contributed by atoms with Crippen LogP contribution in [0.4, 0.5) is 0 Å². The van der Waals surface area contributed by atoms with E-state index in [0.717, 1.165) is 16.2 Å². The van der Waals surface area contributed by atoms with Crippen LogP contribution < -0.4 is 0 Å². The molecule has 2 nitrogen and oxygen atoms in total. The molecule has 14 heavy (non-hydrogen) atoms. The molecular weight excluding hydrogens is 192 g/mol. The van der Waals surface area contributed by atoms with E-state index in [1.165, 1.54) is 4.70 Å². The monoisotopic (exact) mass is 206 g/mol. The van der Waals surface area contributed by atoms with Crippen LogP contribution in [0.1, 0.15) is 31.5 Å². The zero-order chi connectivity index (χ0) is 10.3. The van der Waals surface area contributed by atoms with Crippen LogP contribution in [-0.2, 0) is 5.41 Å². The molecule has 2 rings (SSSR count). The Bertz CT molecular complexity index is 466. The molecule has 0 spiro atoms. The Labute approximate surface area is 88.0 Å². The summed E-state index contributed by atoms with van der Waals surface area (Å²) in [5.74, 6) is 0. The van der Waals surface area contributed by atoms with Gasteiger partial charge in [0.15, 0.2) is 0 Å². The highest BCUT2D eigenvalue weighted by atomic mass is 32.1. The van der Waals surface area contributed by atoms with Crippen molar-refractivity contribution in [2.45, 2.75) is 33.1 Å². The third-order valence-corrected chi connectivity index (χ3v) is 3.08. The van der Waals surface area contributed by atoms with Crippen LogP contribution in [0.25, 0.3) is 10.2 Å². The quantitative estimate of drug-likeness (QED) is 0.661. The molecule has 0 saturated carbocycles. The minimum absolute atomic E-state index is 0.117. The molecule has 0 unspecified atom stereocenters. The van der Waals surface area contributed by atoms with Gasteiger partial charge in [-0.3, -0.25) is 4.98 Å². The molecule has 0 aliphatic heterocycles. The molecule has 0 fully saturated rings. The molecule has 2 heterocycles. The lowest BCUT2D eigenvalue weighted by molar-refractivity contribution is 0.570. The number of nitrogens with zero attached hydrogens (tertiary/aromatic N) is 2. The Balaban J connectivity index is 2.62. The minimum Gasteiger partial charge on any atom is -0.258 e. The summed E-state index contributed by atoms with van der Waals surface area (Å²) in [4.78, 5) is 8.83. The van der Waals surface area contributed by atoms with Crippen LogP contribution in [-0.4, -0.2) is 9.97 Å². The van der Waals surface area contributed by atoms with Gasteiger partial charge >= 0.3 is 0 Å². The number of fused-ring (bicyclic) bond motifs is 1. The smallest absolute Gasteiger partial charge is 0.0998 e. The van der Waals surface area contributed by atoms with Gasteiger partial charge in [0, 0.05) is 11.1 Å². The number of rotatable bonds is 0. The summed E-state index contributed by atoms with van der Waals surface area (Å²) in [6, 6.07) is 2.15. The van der Waals surface area contributed by atoms with Crippen molar-refractivity contribution in [1.29, 1.82) is 0 Å². The van der Waals surface area contributed by atoms with Crippen LogP contribution >= 0.6 is 11.3 Å². The second-order valence-corrected chi connectivity index (χ2v) is 5.75. The van der Waals surface area contributed by atoms with Crippen molar-refractivity contribution >= 4 is 21.6 Å². The highest BCUT2D eigenvalue weighted by molar-refractivity contribution is 7.18. The Morgan fingerprint density at radius 3 is 2.64 bits per heavy atom. The molecule has 0 aliphatic carbocycles. The molecule has 2 aromatic rings. The zero-order valence-electron chi connectivity index (χ0n) is 8.96. The fourth-order valence-corrected chi connectivity index (χ4v) is 2.19. The summed E-state index contributed by atoms with van der Waals surface area (Å²) in [5.41, 5.74) is 2.26. The van der Waals surface area contributed by atoms with E-state index in [-0.39, 0.29) is 5.41 Å². The van der Waals surface area contributed by atoms with E-state index in [9.17, 15) is 0 Å². The van der Waals surface area contributed by atoms with Crippen LogP contribution in [0.5, 0.6) is 0 Å². The summed E-state index contributed by atoms with van der Waals surface area (Å²) < 4.78 is 1.24. The second kappa shape index (κ2) is 3.02. The van der Waals surface area contributed by atoms with Crippen molar-refractivity contribution < 1.29 is 0 Å². The van der Waals surface area contributed by atoms with E-state index in [1.807, 2.05) is 13.1 Å². The van der Waals surface area contributed by atoms with Crippen molar-refractivity contribution in [3.63, 3.8) is 0 Å². The van der Waals surface area contributed by atoms with Crippen molar-refractivity contribution in [1.82, 2.24) is 9.97 Å². The van der Waals surface area contributed by atoms with Gasteiger partial charge < -0.3 is 0 Å². The van der Waals surface area contributed by atoms with E-state index in [0.29, 0.717) is 0 Å². The molecule has 74 valence electrons. The normalized spacial score (nSPS) is 12.3. The molecule has 0 amide bonds. The largest absolute Gasteiger partial charge is 0.258 e. The van der Waals surface area contributed by atoms with Crippen molar-refractivity contribution in [3.8, 4) is 0 Å². The van der Waals surface area contributed by atoms with E-state index >= 15 is 0 Å². The maximum Gasteiger partial charge on any atom is 0.0998 e. The third kappa shape index (κ3) is 1.64. The van der Waals surface area contributed by atoms with Gasteiger partial charge in [-0.05, 0) is 13.0 Å². The van der Waals surface area contributed by atoms with Crippen LogP contribution in [0.3, 0.4) is 0 Å². The topological polar surface area (TPSA) is 25.8 Å². The average Bonchev–Trinajstić information content (AvgIpc) is 2.41. The first kappa shape index (κ1) is 9.59. The number of hydrogen-bond donors (Lipinski definition) is 0. The first-order valence-electron chi connectivity index (χ1n) is 4.70. The van der Waals surface area contributed by atoms with Gasteiger partial charge in [0.05, 0.1) is 21.4 Å². The summed E-state index contributed by atoms with van der Waals surface area (Å²) in [6.45, 7) is 8.56. The third-order valence-electron chi connectivity index (χ3n) is 2.15. The predicted molar refractivity (Wildman–Crippen MR) is 60.9 cm³/mol. The standard InChI is InChI=1S/C11H14N2S/c1-7-13-8-6-12-10(11(2,3)4)5-9(8)14-7/h5-6H,1-4H3. The van der Waals surface area contributed by atoms with Gasteiger partial charge in [0.1, 0.15) is 0 Å². The highest BCUT2D eigenvalue weighted by Crippen LogP contribution is 2.26. The van der Waals surface area contributed by atoms with Crippen LogP contribution in [0.2, 0.25) is 0 Å². The summed E-state index contributed by atoms with van der Waals surface area (Å²) in [5, 5.41) is 1.10. The summed E-state index contributed by atoms with van der Waals surface area (Å²) >= 11 is 1.73. The number of pyridine rings is 1. The zero-order valence-corrected chi connectivity index (χ0v) is 9.77. The molecule has 0 N–H and O–H groups in total. The average molecular weight is 206 g/mol. The predicted octanol–water partition coefficient (Wildman–Crippen LogP) is 3.30. The van der Waals surface area contributed by atoms with Crippen molar-refractivity contribution in [2.75, 3.05) is 0 Å². The molecule has 2 aromatic heterocycles. The Morgan fingerprint density at radius 2 is 2.00 bits per heavy atom. The van der Waals surface area contributed by atoms with Crippen molar-refractivity contribution in [3.05, 3.63) is 23.0 Å². The van der Waals surface area contributed by atoms with Crippen molar-refractivity contribution in [2.24, 2.45) is 0 Å². The molecule has 0 atom stereocenters. The van der Waals surface area contributed by atoms with Gasteiger partial charge in [-0.1, -0.05) is 20.8 Å². The van der Waals surface area contributed by atoms with E-state index in [2.05, 4.69) is 36.8 Å². The first-order chi connectivity index (χ1) is 6.47. The molecule has 0 saturated heterocycles. The summed E-state index contributed by atoms with van der Waals surface area (Å²) in [7, 11) is 0. The second-order valence-electron chi connectivity index (χ2n) is 4.52. The number of aromatic nitrogens is 2. The Hall–Kier alpha value is -0.960. The lowest BCUT2D eigenvalue weighted by Crippen LogP contribution is -2.12. The fraction of sp³-hybridized carbons (Fsp3) is 0.455. The molecular formula is C11H14N2S. The maximum atomic E-state index is 4.44. The van der Waals surface area contributed by atoms with Gasteiger partial charge in [-0.2, -0.15) is 0 Å². The van der Waals surface area contributed by atoms with Crippen LogP contribution in [0, 0.1) is 6.92 Å². The lowest BCUT2D eigenvalue weighted by atomic mass is 9.92. The van der Waals surface area contributed by atoms with Gasteiger partial charge in [0.25, 0.3) is 0 Å². The number of hydrogen-bond acceptors (Lipinski definition) is 3. The van der Waals surface area contributed by atoms with Gasteiger partial charge in [-0.25, -0.2) is 4.98 Å². The fourth-order valence-electron chi connectivity index (χ4n) is 1.36. The molecule has 3 heteroatoms. The molecule has 0 aliphatic rings. The SMILES string of the molecule is Cc1nc2cnc(C(C)(C)C)cc2s1. The van der Waals surface area contributed by atoms with E-state index in [4.69, 9.17) is 0 Å². The maximum absolute atomic E-state index is 4.44. The Morgan fingerprint density at radius 1 is 1.29 bits per heavy atom. The molecule has 0 bridgehead atoms. The van der Waals surface area contributed by atoms with Crippen LogP contribution in [0.15, 0.2) is 12.3 Å². The minimum atomic E-state index is 0.117. The van der Waals surface area contributed by atoms with E-state index < -0.39 is 0 Å². The van der Waals surface area contributed by atoms with Gasteiger partial charge in [0.2, 0.25) is 0 Å². The number of aryl methyl sites for hydroxylation is 1. The Kier molecular flexibility index (Phi) is 2.07. The summed E-state index contributed by atoms with van der Waals surface area (Å²) in [6.07, 6.45) is 1.87. The molecule has 0 radical (unpaired) electrons. The van der Waals surface area contributed by atoms with E-state index in [1.54, 1.807) is 11.3 Å². The lowest BCUT2D eigenvalue weighted by Gasteiger charge is -2.16. The highest BCUT2D eigenvalue weighted by Gasteiger charge is 2.16. The number of thiazole rings is 1. The molecule has 0 aromatic carbocycles.